The minimum atomic E-state index is -3.30. The Morgan fingerprint density at radius 3 is 2.52 bits per heavy atom. The second kappa shape index (κ2) is 6.28. The Morgan fingerprint density at radius 1 is 1.33 bits per heavy atom. The summed E-state index contributed by atoms with van der Waals surface area (Å²) in [6.07, 6.45) is 4.54. The van der Waals surface area contributed by atoms with E-state index in [0.717, 1.165) is 34.8 Å². The first-order chi connectivity index (χ1) is 9.96. The van der Waals surface area contributed by atoms with Gasteiger partial charge in [-0.05, 0) is 72.6 Å². The van der Waals surface area contributed by atoms with E-state index in [-0.39, 0.29) is 0 Å². The lowest BCUT2D eigenvalue weighted by Crippen LogP contribution is -2.40. The quantitative estimate of drug-likeness (QED) is 0.837. The first-order valence-electron chi connectivity index (χ1n) is 7.46. The van der Waals surface area contributed by atoms with Gasteiger partial charge in [0.2, 0.25) is 0 Å². The third-order valence-electron chi connectivity index (χ3n) is 4.27. The maximum Gasteiger partial charge on any atom is 0.252 e. The molecule has 0 radical (unpaired) electrons. The first-order valence-corrected chi connectivity index (χ1v) is 10.5. The largest absolute Gasteiger partial charge is 0.314 e. The molecule has 7 heteroatoms. The summed E-state index contributed by atoms with van der Waals surface area (Å²) in [5.74, 6) is 0.619. The van der Waals surface area contributed by atoms with E-state index in [4.69, 9.17) is 0 Å². The van der Waals surface area contributed by atoms with Crippen LogP contribution in [0.2, 0.25) is 0 Å². The molecule has 0 bridgehead atoms. The van der Waals surface area contributed by atoms with Crippen LogP contribution in [0.3, 0.4) is 0 Å². The Labute approximate surface area is 139 Å². The van der Waals surface area contributed by atoms with Gasteiger partial charge in [-0.1, -0.05) is 0 Å². The van der Waals surface area contributed by atoms with Gasteiger partial charge in [-0.15, -0.1) is 11.3 Å². The van der Waals surface area contributed by atoms with Gasteiger partial charge in [0.15, 0.2) is 0 Å². The van der Waals surface area contributed by atoms with Crippen molar-refractivity contribution in [2.24, 2.45) is 5.92 Å². The van der Waals surface area contributed by atoms with Crippen molar-refractivity contribution in [3.05, 3.63) is 15.4 Å². The molecule has 21 heavy (non-hydrogen) atoms. The number of halogens is 1. The molecule has 1 aromatic heterocycles. The maximum atomic E-state index is 12.6. The van der Waals surface area contributed by atoms with E-state index >= 15 is 0 Å². The fourth-order valence-electron chi connectivity index (χ4n) is 2.66. The van der Waals surface area contributed by atoms with Crippen LogP contribution in [0, 0.1) is 12.8 Å². The van der Waals surface area contributed by atoms with Gasteiger partial charge in [0.1, 0.15) is 4.21 Å². The molecule has 118 valence electrons. The van der Waals surface area contributed by atoms with Gasteiger partial charge in [0, 0.05) is 19.1 Å². The molecule has 0 unspecified atom stereocenters. The van der Waals surface area contributed by atoms with Crippen LogP contribution >= 0.6 is 27.3 Å². The first kappa shape index (κ1) is 15.9. The standard InChI is InChI=1S/C14H21BrN2O2S2/c1-10-8-13(20-14(10)15)21(18,19)17-6-4-11(5-7-17)9-16-12-2-3-12/h8,11-12,16H,2-7,9H2,1H3. The van der Waals surface area contributed by atoms with Gasteiger partial charge in [-0.2, -0.15) is 4.31 Å². The summed E-state index contributed by atoms with van der Waals surface area (Å²) in [5, 5.41) is 3.55. The van der Waals surface area contributed by atoms with E-state index in [1.807, 2.05) is 6.92 Å². The van der Waals surface area contributed by atoms with Crippen LogP contribution in [0.15, 0.2) is 14.1 Å². The lowest BCUT2D eigenvalue weighted by atomic mass is 9.98. The molecule has 1 N–H and O–H groups in total. The van der Waals surface area contributed by atoms with Crippen LogP contribution in [0.4, 0.5) is 0 Å². The molecule has 4 nitrogen and oxygen atoms in total. The SMILES string of the molecule is Cc1cc(S(=O)(=O)N2CCC(CNC3CC3)CC2)sc1Br. The van der Waals surface area contributed by atoms with Crippen LogP contribution < -0.4 is 5.32 Å². The Hall–Kier alpha value is 0.0500. The van der Waals surface area contributed by atoms with Crippen LogP contribution in [0.5, 0.6) is 0 Å². The summed E-state index contributed by atoms with van der Waals surface area (Å²) in [6.45, 7) is 4.26. The minimum absolute atomic E-state index is 0.460. The average Bonchev–Trinajstić information content (AvgIpc) is 3.23. The fourth-order valence-corrected chi connectivity index (χ4v) is 6.51. The molecule has 2 aliphatic rings. The summed E-state index contributed by atoms with van der Waals surface area (Å²) < 4.78 is 28.3. The fraction of sp³-hybridized carbons (Fsp3) is 0.714. The van der Waals surface area contributed by atoms with Gasteiger partial charge < -0.3 is 5.32 Å². The molecule has 1 aliphatic carbocycles. The Balaban J connectivity index is 1.59. The zero-order chi connectivity index (χ0) is 15.0. The van der Waals surface area contributed by atoms with Crippen molar-refractivity contribution in [3.8, 4) is 0 Å². The van der Waals surface area contributed by atoms with E-state index in [0.29, 0.717) is 23.2 Å². The van der Waals surface area contributed by atoms with Crippen LogP contribution in [0.25, 0.3) is 0 Å². The Bertz CT molecular complexity index is 583. The highest BCUT2D eigenvalue weighted by Crippen LogP contribution is 2.33. The highest BCUT2D eigenvalue weighted by Gasteiger charge is 2.31. The third-order valence-corrected chi connectivity index (χ3v) is 8.76. The molecular formula is C14H21BrN2O2S2. The zero-order valence-corrected chi connectivity index (χ0v) is 15.4. The monoisotopic (exact) mass is 392 g/mol. The summed E-state index contributed by atoms with van der Waals surface area (Å²) in [5.41, 5.74) is 0.988. The molecule has 2 heterocycles. The average molecular weight is 393 g/mol. The molecule has 0 aromatic carbocycles. The predicted molar refractivity (Wildman–Crippen MR) is 89.3 cm³/mol. The lowest BCUT2D eigenvalue weighted by Gasteiger charge is -2.31. The number of piperidine rings is 1. The van der Waals surface area contributed by atoms with E-state index in [1.54, 1.807) is 10.4 Å². The number of hydrogen-bond acceptors (Lipinski definition) is 4. The van der Waals surface area contributed by atoms with Crippen LogP contribution in [-0.2, 0) is 10.0 Å². The minimum Gasteiger partial charge on any atom is -0.314 e. The summed E-state index contributed by atoms with van der Waals surface area (Å²) in [6, 6.07) is 2.50. The zero-order valence-electron chi connectivity index (χ0n) is 12.1. The highest BCUT2D eigenvalue weighted by molar-refractivity contribution is 9.11. The van der Waals surface area contributed by atoms with Crippen molar-refractivity contribution >= 4 is 37.3 Å². The molecule has 1 saturated carbocycles. The van der Waals surface area contributed by atoms with E-state index < -0.39 is 10.0 Å². The lowest BCUT2D eigenvalue weighted by molar-refractivity contribution is 0.267. The molecule has 2 fully saturated rings. The summed E-state index contributed by atoms with van der Waals surface area (Å²) in [4.78, 5) is 0. The Kier molecular flexibility index (Phi) is 4.76. The molecular weight excluding hydrogens is 372 g/mol. The number of rotatable bonds is 5. The number of nitrogens with one attached hydrogen (secondary N) is 1. The molecule has 1 aromatic rings. The second-order valence-corrected chi connectivity index (χ2v) is 10.6. The van der Waals surface area contributed by atoms with Gasteiger partial charge >= 0.3 is 0 Å². The van der Waals surface area contributed by atoms with Crippen molar-refractivity contribution < 1.29 is 8.42 Å². The maximum absolute atomic E-state index is 12.6. The summed E-state index contributed by atoms with van der Waals surface area (Å²) in [7, 11) is -3.30. The second-order valence-electron chi connectivity index (χ2n) is 6.05. The molecule has 1 saturated heterocycles. The van der Waals surface area contributed by atoms with Crippen molar-refractivity contribution in [1.82, 2.24) is 9.62 Å². The van der Waals surface area contributed by atoms with E-state index in [9.17, 15) is 8.42 Å². The van der Waals surface area contributed by atoms with Gasteiger partial charge in [-0.3, -0.25) is 0 Å². The molecule has 3 rings (SSSR count). The highest BCUT2D eigenvalue weighted by atomic mass is 79.9. The normalized spacial score (nSPS) is 21.8. The van der Waals surface area contributed by atoms with E-state index in [1.165, 1.54) is 24.2 Å². The molecule has 1 aliphatic heterocycles. The number of nitrogens with zero attached hydrogens (tertiary/aromatic N) is 1. The number of aryl methyl sites for hydroxylation is 1. The van der Waals surface area contributed by atoms with Gasteiger partial charge in [0.25, 0.3) is 10.0 Å². The van der Waals surface area contributed by atoms with Crippen LogP contribution in [-0.4, -0.2) is 38.4 Å². The molecule has 0 amide bonds. The van der Waals surface area contributed by atoms with Gasteiger partial charge in [-0.25, -0.2) is 8.42 Å². The van der Waals surface area contributed by atoms with Crippen molar-refractivity contribution in [3.63, 3.8) is 0 Å². The molecule has 0 atom stereocenters. The number of hydrogen-bond donors (Lipinski definition) is 1. The van der Waals surface area contributed by atoms with Crippen molar-refractivity contribution in [1.29, 1.82) is 0 Å². The number of sulfonamides is 1. The summed E-state index contributed by atoms with van der Waals surface area (Å²) >= 11 is 4.72. The molecule has 0 spiro atoms. The van der Waals surface area contributed by atoms with Crippen molar-refractivity contribution in [2.45, 2.75) is 42.9 Å². The van der Waals surface area contributed by atoms with E-state index in [2.05, 4.69) is 21.2 Å². The topological polar surface area (TPSA) is 49.4 Å². The number of thiophene rings is 1. The third kappa shape index (κ3) is 3.69. The Morgan fingerprint density at radius 2 is 2.00 bits per heavy atom. The van der Waals surface area contributed by atoms with Crippen molar-refractivity contribution in [2.75, 3.05) is 19.6 Å². The van der Waals surface area contributed by atoms with Gasteiger partial charge in [0.05, 0.1) is 3.79 Å². The smallest absolute Gasteiger partial charge is 0.252 e. The predicted octanol–water partition coefficient (Wildman–Crippen LogP) is 2.97. The van der Waals surface area contributed by atoms with Crippen LogP contribution in [0.1, 0.15) is 31.2 Å².